The summed E-state index contributed by atoms with van der Waals surface area (Å²) in [5, 5.41) is 0.927. The zero-order valence-corrected chi connectivity index (χ0v) is 11.3. The maximum Gasteiger partial charge on any atom is 0.149 e. The predicted molar refractivity (Wildman–Crippen MR) is 71.4 cm³/mol. The van der Waals surface area contributed by atoms with E-state index in [0.29, 0.717) is 27.6 Å². The van der Waals surface area contributed by atoms with Gasteiger partial charge in [-0.05, 0) is 18.4 Å². The van der Waals surface area contributed by atoms with Crippen LogP contribution in [-0.2, 0) is 0 Å². The first kappa shape index (κ1) is 13.4. The molecule has 0 fully saturated rings. The molecule has 1 heterocycles. The predicted octanol–water partition coefficient (Wildman–Crippen LogP) is 3.45. The van der Waals surface area contributed by atoms with Crippen molar-refractivity contribution in [3.63, 3.8) is 0 Å². The van der Waals surface area contributed by atoms with Gasteiger partial charge in [-0.2, -0.15) is 0 Å². The summed E-state index contributed by atoms with van der Waals surface area (Å²) >= 11 is 11.9. The van der Waals surface area contributed by atoms with Crippen LogP contribution >= 0.6 is 23.2 Å². The van der Waals surface area contributed by atoms with Gasteiger partial charge in [0.2, 0.25) is 0 Å². The molecule has 5 heteroatoms. The molecule has 0 aliphatic carbocycles. The van der Waals surface area contributed by atoms with Gasteiger partial charge in [-0.15, -0.1) is 0 Å². The lowest BCUT2D eigenvalue weighted by molar-refractivity contribution is 0.584. The zero-order chi connectivity index (χ0) is 12.3. The summed E-state index contributed by atoms with van der Waals surface area (Å²) in [6.45, 7) is 5.25. The minimum Gasteiger partial charge on any atom is -0.382 e. The van der Waals surface area contributed by atoms with Crippen LogP contribution in [0.25, 0.3) is 0 Å². The molecular formula is C11H17Cl2N3. The fourth-order valence-corrected chi connectivity index (χ4v) is 1.80. The van der Waals surface area contributed by atoms with Crippen molar-refractivity contribution in [1.82, 2.24) is 4.98 Å². The van der Waals surface area contributed by atoms with E-state index < -0.39 is 0 Å². The Labute approximate surface area is 107 Å². The average molecular weight is 262 g/mol. The monoisotopic (exact) mass is 261 g/mol. The Morgan fingerprint density at radius 2 is 2.00 bits per heavy atom. The fourth-order valence-electron chi connectivity index (χ4n) is 1.30. The second-order valence-corrected chi connectivity index (χ2v) is 5.08. The molecule has 1 aromatic rings. The molecule has 2 N–H and O–H groups in total. The van der Waals surface area contributed by atoms with Crippen molar-refractivity contribution in [2.45, 2.75) is 20.3 Å². The van der Waals surface area contributed by atoms with Crippen LogP contribution in [-0.4, -0.2) is 18.6 Å². The molecule has 16 heavy (non-hydrogen) atoms. The molecule has 1 aromatic heterocycles. The van der Waals surface area contributed by atoms with E-state index in [2.05, 4.69) is 18.8 Å². The molecule has 0 radical (unpaired) electrons. The van der Waals surface area contributed by atoms with Crippen molar-refractivity contribution in [1.29, 1.82) is 0 Å². The Morgan fingerprint density at radius 3 is 2.56 bits per heavy atom. The Morgan fingerprint density at radius 1 is 1.38 bits per heavy atom. The van der Waals surface area contributed by atoms with Gasteiger partial charge >= 0.3 is 0 Å². The number of nitrogens with two attached hydrogens (primary N) is 1. The average Bonchev–Trinajstić information content (AvgIpc) is 2.20. The second-order valence-electron chi connectivity index (χ2n) is 4.26. The number of hydrogen-bond donors (Lipinski definition) is 1. The smallest absolute Gasteiger partial charge is 0.149 e. The molecular weight excluding hydrogens is 245 g/mol. The van der Waals surface area contributed by atoms with Crippen molar-refractivity contribution in [2.24, 2.45) is 5.92 Å². The number of aromatic nitrogens is 1. The van der Waals surface area contributed by atoms with Crippen LogP contribution in [0.3, 0.4) is 0 Å². The van der Waals surface area contributed by atoms with Crippen molar-refractivity contribution in [2.75, 3.05) is 24.2 Å². The highest BCUT2D eigenvalue weighted by atomic mass is 35.5. The van der Waals surface area contributed by atoms with Gasteiger partial charge in [-0.25, -0.2) is 4.98 Å². The number of pyridine rings is 1. The SMILES string of the molecule is CC(C)CCN(C)c1nc(N)c(Cl)cc1Cl. The van der Waals surface area contributed by atoms with Gasteiger partial charge in [0, 0.05) is 13.6 Å². The van der Waals surface area contributed by atoms with Gasteiger partial charge in [-0.3, -0.25) is 0 Å². The normalized spacial score (nSPS) is 10.9. The van der Waals surface area contributed by atoms with Crippen LogP contribution in [0.5, 0.6) is 0 Å². The summed E-state index contributed by atoms with van der Waals surface area (Å²) in [6.07, 6.45) is 1.08. The molecule has 0 bridgehead atoms. The van der Waals surface area contributed by atoms with Crippen LogP contribution in [0, 0.1) is 5.92 Å². The van der Waals surface area contributed by atoms with Gasteiger partial charge in [0.1, 0.15) is 11.6 Å². The van der Waals surface area contributed by atoms with Gasteiger partial charge in [0.15, 0.2) is 0 Å². The first-order valence-corrected chi connectivity index (χ1v) is 6.00. The molecule has 0 aromatic carbocycles. The van der Waals surface area contributed by atoms with Crippen LogP contribution in [0.2, 0.25) is 10.0 Å². The largest absolute Gasteiger partial charge is 0.382 e. The minimum absolute atomic E-state index is 0.317. The molecule has 0 amide bonds. The second kappa shape index (κ2) is 5.60. The number of nitrogens with zero attached hydrogens (tertiary/aromatic N) is 2. The third-order valence-corrected chi connectivity index (χ3v) is 2.92. The Hall–Kier alpha value is -0.670. The summed E-state index contributed by atoms with van der Waals surface area (Å²) < 4.78 is 0. The lowest BCUT2D eigenvalue weighted by Crippen LogP contribution is -2.21. The van der Waals surface area contributed by atoms with Gasteiger partial charge in [0.25, 0.3) is 0 Å². The molecule has 0 unspecified atom stereocenters. The highest BCUT2D eigenvalue weighted by Crippen LogP contribution is 2.29. The highest BCUT2D eigenvalue weighted by Gasteiger charge is 2.11. The first-order valence-electron chi connectivity index (χ1n) is 5.24. The van der Waals surface area contributed by atoms with Crippen LogP contribution in [0.4, 0.5) is 11.6 Å². The van der Waals surface area contributed by atoms with Crippen molar-refractivity contribution in [3.8, 4) is 0 Å². The lowest BCUT2D eigenvalue weighted by atomic mass is 10.1. The van der Waals surface area contributed by atoms with Crippen molar-refractivity contribution in [3.05, 3.63) is 16.1 Å². The van der Waals surface area contributed by atoms with Gasteiger partial charge < -0.3 is 10.6 Å². The maximum absolute atomic E-state index is 6.07. The third kappa shape index (κ3) is 3.42. The zero-order valence-electron chi connectivity index (χ0n) is 9.80. The molecule has 1 rings (SSSR count). The van der Waals surface area contributed by atoms with E-state index in [-0.39, 0.29) is 0 Å². The molecule has 0 atom stereocenters. The first-order chi connectivity index (χ1) is 7.41. The summed E-state index contributed by atoms with van der Waals surface area (Å²) in [6, 6.07) is 1.63. The van der Waals surface area contributed by atoms with Crippen LogP contribution < -0.4 is 10.6 Å². The third-order valence-electron chi connectivity index (χ3n) is 2.34. The molecule has 0 spiro atoms. The van der Waals surface area contributed by atoms with E-state index in [0.717, 1.165) is 13.0 Å². The molecule has 0 aliphatic heterocycles. The van der Waals surface area contributed by atoms with E-state index in [4.69, 9.17) is 28.9 Å². The fraction of sp³-hybridized carbons (Fsp3) is 0.545. The number of halogens is 2. The number of nitrogen functional groups attached to an aromatic ring is 1. The van der Waals surface area contributed by atoms with Gasteiger partial charge in [0.05, 0.1) is 10.0 Å². The Kier molecular flexibility index (Phi) is 4.69. The summed E-state index contributed by atoms with van der Waals surface area (Å²) in [5.74, 6) is 1.65. The molecule has 0 saturated carbocycles. The lowest BCUT2D eigenvalue weighted by Gasteiger charge is -2.20. The van der Waals surface area contributed by atoms with Gasteiger partial charge in [-0.1, -0.05) is 37.0 Å². The van der Waals surface area contributed by atoms with Crippen LogP contribution in [0.1, 0.15) is 20.3 Å². The molecule has 3 nitrogen and oxygen atoms in total. The molecule has 0 aliphatic rings. The van der Waals surface area contributed by atoms with E-state index in [1.54, 1.807) is 6.07 Å². The molecule has 0 saturated heterocycles. The number of anilines is 2. The molecule has 90 valence electrons. The highest BCUT2D eigenvalue weighted by molar-refractivity contribution is 6.37. The Balaban J connectivity index is 2.82. The van der Waals surface area contributed by atoms with Crippen molar-refractivity contribution < 1.29 is 0 Å². The topological polar surface area (TPSA) is 42.2 Å². The van der Waals surface area contributed by atoms with E-state index in [1.165, 1.54) is 0 Å². The van der Waals surface area contributed by atoms with E-state index in [1.807, 2.05) is 11.9 Å². The van der Waals surface area contributed by atoms with Crippen LogP contribution in [0.15, 0.2) is 6.07 Å². The van der Waals surface area contributed by atoms with E-state index in [9.17, 15) is 0 Å². The standard InChI is InChI=1S/C11H17Cl2N3/c1-7(2)4-5-16(3)11-9(13)6-8(12)10(14)15-11/h6-7H,4-5H2,1-3H3,(H2,14,15). The number of rotatable bonds is 4. The summed E-state index contributed by atoms with van der Waals surface area (Å²) in [4.78, 5) is 6.18. The summed E-state index contributed by atoms with van der Waals surface area (Å²) in [5.41, 5.74) is 5.65. The maximum atomic E-state index is 6.07. The minimum atomic E-state index is 0.317. The Bertz CT molecular complexity index is 366. The van der Waals surface area contributed by atoms with E-state index >= 15 is 0 Å². The number of hydrogen-bond acceptors (Lipinski definition) is 3. The quantitative estimate of drug-likeness (QED) is 0.903. The summed E-state index contributed by atoms with van der Waals surface area (Å²) in [7, 11) is 1.95. The van der Waals surface area contributed by atoms with Crippen molar-refractivity contribution >= 4 is 34.8 Å².